The molecule has 1 atom stereocenters. The van der Waals surface area contributed by atoms with E-state index >= 15 is 0 Å². The van der Waals surface area contributed by atoms with Gasteiger partial charge in [0.15, 0.2) is 17.5 Å². The molecular weight excluding hydrogens is 220 g/mol. The van der Waals surface area contributed by atoms with E-state index in [4.69, 9.17) is 5.11 Å². The summed E-state index contributed by atoms with van der Waals surface area (Å²) < 4.78 is 0. The summed E-state index contributed by atoms with van der Waals surface area (Å²) in [4.78, 5) is 29.8. The van der Waals surface area contributed by atoms with Gasteiger partial charge in [-0.1, -0.05) is 0 Å². The van der Waals surface area contributed by atoms with Crippen molar-refractivity contribution >= 4 is 36.2 Å². The number of Topliss-reactive ketones (excluding diaryl/α,β-unsaturated/α-hetero) is 1. The Balaban J connectivity index is 0.00000112. The van der Waals surface area contributed by atoms with Crippen LogP contribution in [0.5, 0.6) is 0 Å². The van der Waals surface area contributed by atoms with Crippen molar-refractivity contribution in [2.24, 2.45) is 10.9 Å². The van der Waals surface area contributed by atoms with E-state index in [0.29, 0.717) is 0 Å². The van der Waals surface area contributed by atoms with Crippen LogP contribution in [-0.2, 0) is 4.79 Å². The Morgan fingerprint density at radius 3 is 2.87 bits per heavy atom. The predicted molar refractivity (Wildman–Crippen MR) is 55.1 cm³/mol. The number of hydrogen-bond acceptors (Lipinski definition) is 4. The minimum absolute atomic E-state index is 0. The van der Waals surface area contributed by atoms with Gasteiger partial charge in [-0.15, -0.1) is 12.4 Å². The molecule has 0 fully saturated rings. The third-order valence-electron chi connectivity index (χ3n) is 1.95. The van der Waals surface area contributed by atoms with Crippen molar-refractivity contribution in [3.8, 4) is 0 Å². The summed E-state index contributed by atoms with van der Waals surface area (Å²) in [5.74, 6) is -2.54. The van der Waals surface area contributed by atoms with Crippen LogP contribution in [0.25, 0.3) is 0 Å². The van der Waals surface area contributed by atoms with Gasteiger partial charge in [-0.25, -0.2) is 9.98 Å². The van der Waals surface area contributed by atoms with Crippen LogP contribution >= 0.6 is 12.4 Å². The lowest BCUT2D eigenvalue weighted by atomic mass is 9.97. The van der Waals surface area contributed by atoms with Crippen molar-refractivity contribution in [3.05, 3.63) is 23.9 Å². The average Bonchev–Trinajstić information content (AvgIpc) is 2.18. The van der Waals surface area contributed by atoms with Gasteiger partial charge in [0.05, 0.1) is 5.56 Å². The highest BCUT2D eigenvalue weighted by Crippen LogP contribution is 2.23. The molecular formula is C9H7ClN2O3. The summed E-state index contributed by atoms with van der Waals surface area (Å²) in [6.45, 7) is 0. The van der Waals surface area contributed by atoms with E-state index in [1.54, 1.807) is 6.07 Å². The van der Waals surface area contributed by atoms with E-state index in [0.717, 1.165) is 6.21 Å². The number of fused-ring (bicyclic) bond motifs is 1. The van der Waals surface area contributed by atoms with Crippen molar-refractivity contribution in [1.82, 2.24) is 4.98 Å². The van der Waals surface area contributed by atoms with Crippen molar-refractivity contribution in [1.29, 1.82) is 0 Å². The van der Waals surface area contributed by atoms with Crippen LogP contribution in [0.1, 0.15) is 10.4 Å². The Kier molecular flexibility index (Phi) is 3.16. The molecule has 0 aliphatic carbocycles. The molecule has 0 saturated carbocycles. The van der Waals surface area contributed by atoms with Gasteiger partial charge in [-0.2, -0.15) is 0 Å². The number of pyridine rings is 1. The molecule has 15 heavy (non-hydrogen) atoms. The highest BCUT2D eigenvalue weighted by Gasteiger charge is 2.30. The zero-order valence-corrected chi connectivity index (χ0v) is 8.27. The molecule has 0 saturated heterocycles. The maximum absolute atomic E-state index is 11.5. The predicted octanol–water partition coefficient (Wildman–Crippen LogP) is 1.10. The first-order valence-corrected chi connectivity index (χ1v) is 3.96. The van der Waals surface area contributed by atoms with Gasteiger partial charge < -0.3 is 5.11 Å². The lowest BCUT2D eigenvalue weighted by molar-refractivity contribution is -0.137. The average molecular weight is 227 g/mol. The normalized spacial score (nSPS) is 17.9. The second-order valence-electron chi connectivity index (χ2n) is 2.83. The van der Waals surface area contributed by atoms with E-state index in [1.807, 2.05) is 0 Å². The molecule has 1 unspecified atom stereocenters. The maximum atomic E-state index is 11.5. The van der Waals surface area contributed by atoms with Gasteiger partial charge in [-0.3, -0.25) is 9.59 Å². The number of nitrogens with zero attached hydrogens (tertiary/aromatic N) is 2. The number of aromatic nitrogens is 1. The molecule has 78 valence electrons. The van der Waals surface area contributed by atoms with E-state index in [9.17, 15) is 9.59 Å². The molecule has 1 aromatic rings. The number of rotatable bonds is 1. The van der Waals surface area contributed by atoms with Crippen LogP contribution in [-0.4, -0.2) is 28.1 Å². The summed E-state index contributed by atoms with van der Waals surface area (Å²) in [7, 11) is 0. The van der Waals surface area contributed by atoms with Crippen molar-refractivity contribution in [2.45, 2.75) is 0 Å². The Hall–Kier alpha value is -1.75. The number of ketones is 1. The van der Waals surface area contributed by atoms with Gasteiger partial charge in [0.25, 0.3) is 0 Å². The minimum atomic E-state index is -1.19. The Morgan fingerprint density at radius 2 is 2.20 bits per heavy atom. The number of hydrogen-bond donors (Lipinski definition) is 1. The van der Waals surface area contributed by atoms with Gasteiger partial charge in [0.1, 0.15) is 0 Å². The van der Waals surface area contributed by atoms with Crippen LogP contribution in [0.4, 0.5) is 5.82 Å². The molecule has 2 rings (SSSR count). The zero-order chi connectivity index (χ0) is 10.1. The summed E-state index contributed by atoms with van der Waals surface area (Å²) in [6, 6.07) is 3.10. The molecule has 2 heterocycles. The number of carbonyl (C=O) groups is 2. The topological polar surface area (TPSA) is 79.6 Å². The molecule has 1 aromatic heterocycles. The molecule has 6 heteroatoms. The molecule has 0 spiro atoms. The zero-order valence-electron chi connectivity index (χ0n) is 7.45. The number of aliphatic imine (C=N–C) groups is 1. The molecule has 0 bridgehead atoms. The second kappa shape index (κ2) is 4.18. The van der Waals surface area contributed by atoms with Crippen LogP contribution < -0.4 is 0 Å². The van der Waals surface area contributed by atoms with E-state index in [2.05, 4.69) is 9.98 Å². The fourth-order valence-electron chi connectivity index (χ4n) is 1.25. The van der Waals surface area contributed by atoms with Crippen molar-refractivity contribution < 1.29 is 14.7 Å². The molecule has 0 radical (unpaired) electrons. The first-order valence-electron chi connectivity index (χ1n) is 3.96. The van der Waals surface area contributed by atoms with Crippen LogP contribution in [0, 0.1) is 5.92 Å². The number of carbonyl (C=O) groups excluding carboxylic acids is 1. The summed E-state index contributed by atoms with van der Waals surface area (Å²) in [5.41, 5.74) is 0.266. The minimum Gasteiger partial charge on any atom is -0.480 e. The van der Waals surface area contributed by atoms with E-state index in [1.165, 1.54) is 12.3 Å². The summed E-state index contributed by atoms with van der Waals surface area (Å²) in [5, 5.41) is 8.70. The molecule has 0 aromatic carbocycles. The summed E-state index contributed by atoms with van der Waals surface area (Å²) in [6.07, 6.45) is 2.62. The maximum Gasteiger partial charge on any atom is 0.319 e. The third-order valence-corrected chi connectivity index (χ3v) is 1.95. The standard InChI is InChI=1S/C9H6N2O3.ClH/c12-7-5-2-1-3-10-8(5)11-4-6(7)9(13)14;/h1-4,6H,(H,13,14);1H. The molecule has 1 N–H and O–H groups in total. The Bertz CT molecular complexity index is 445. The Labute approximate surface area is 91.3 Å². The number of carboxylic acids is 1. The highest BCUT2D eigenvalue weighted by atomic mass is 35.5. The quantitative estimate of drug-likeness (QED) is 0.728. The first kappa shape index (κ1) is 11.3. The van der Waals surface area contributed by atoms with Crippen molar-refractivity contribution in [2.75, 3.05) is 0 Å². The largest absolute Gasteiger partial charge is 0.480 e. The van der Waals surface area contributed by atoms with Gasteiger partial charge in [0.2, 0.25) is 0 Å². The van der Waals surface area contributed by atoms with Crippen LogP contribution in [0.15, 0.2) is 23.3 Å². The fraction of sp³-hybridized carbons (Fsp3) is 0.111. The lowest BCUT2D eigenvalue weighted by Crippen LogP contribution is -2.27. The molecule has 1 aliphatic heterocycles. The number of aliphatic carboxylic acids is 1. The van der Waals surface area contributed by atoms with Gasteiger partial charge >= 0.3 is 5.97 Å². The second-order valence-corrected chi connectivity index (χ2v) is 2.83. The fourth-order valence-corrected chi connectivity index (χ4v) is 1.25. The van der Waals surface area contributed by atoms with Crippen LogP contribution in [0.3, 0.4) is 0 Å². The van der Waals surface area contributed by atoms with Crippen molar-refractivity contribution in [3.63, 3.8) is 0 Å². The Morgan fingerprint density at radius 1 is 1.47 bits per heavy atom. The van der Waals surface area contributed by atoms with Gasteiger partial charge in [-0.05, 0) is 12.1 Å². The SMILES string of the molecule is Cl.O=C(O)C1C=Nc2ncccc2C1=O. The first-order chi connectivity index (χ1) is 6.70. The third kappa shape index (κ3) is 1.87. The van der Waals surface area contributed by atoms with E-state index in [-0.39, 0.29) is 23.8 Å². The monoisotopic (exact) mass is 226 g/mol. The number of carboxylic acid groups (broad SMARTS) is 1. The molecule has 0 amide bonds. The number of halogens is 1. The highest BCUT2D eigenvalue weighted by molar-refractivity contribution is 6.21. The summed E-state index contributed by atoms with van der Waals surface area (Å²) >= 11 is 0. The molecule has 5 nitrogen and oxygen atoms in total. The van der Waals surface area contributed by atoms with Gasteiger partial charge in [0, 0.05) is 12.4 Å². The smallest absolute Gasteiger partial charge is 0.319 e. The van der Waals surface area contributed by atoms with E-state index < -0.39 is 17.7 Å². The lowest BCUT2D eigenvalue weighted by Gasteiger charge is -2.12. The van der Waals surface area contributed by atoms with Crippen LogP contribution in [0.2, 0.25) is 0 Å². The molecule has 1 aliphatic rings.